The molecule has 1 aliphatic carbocycles. The van der Waals surface area contributed by atoms with Gasteiger partial charge in [-0.15, -0.1) is 0 Å². The van der Waals surface area contributed by atoms with Crippen LogP contribution in [0.15, 0.2) is 12.7 Å². The highest BCUT2D eigenvalue weighted by Crippen LogP contribution is 2.27. The minimum Gasteiger partial charge on any atom is -0.392 e. The molecule has 1 aromatic heterocycles. The average Bonchev–Trinajstić information content (AvgIpc) is 3.05. The van der Waals surface area contributed by atoms with Crippen molar-refractivity contribution in [3.63, 3.8) is 0 Å². The first-order valence-corrected chi connectivity index (χ1v) is 6.99. The van der Waals surface area contributed by atoms with Gasteiger partial charge in [-0.25, -0.2) is 4.98 Å². The first-order valence-electron chi connectivity index (χ1n) is 6.99. The van der Waals surface area contributed by atoms with Crippen LogP contribution >= 0.6 is 0 Å². The van der Waals surface area contributed by atoms with Crippen molar-refractivity contribution in [2.45, 2.75) is 57.7 Å². The van der Waals surface area contributed by atoms with Gasteiger partial charge in [0.05, 0.1) is 6.10 Å². The van der Waals surface area contributed by atoms with E-state index in [0.29, 0.717) is 18.5 Å². The molecule has 0 radical (unpaired) electrons. The number of aromatic nitrogens is 3. The topological polar surface area (TPSA) is 63.0 Å². The van der Waals surface area contributed by atoms with E-state index in [4.69, 9.17) is 0 Å². The zero-order valence-electron chi connectivity index (χ0n) is 11.1. The lowest BCUT2D eigenvalue weighted by atomic mass is 10.0. The van der Waals surface area contributed by atoms with E-state index in [9.17, 15) is 5.11 Å². The van der Waals surface area contributed by atoms with Crippen molar-refractivity contribution in [1.82, 2.24) is 20.1 Å². The van der Waals surface area contributed by atoms with Gasteiger partial charge in [-0.3, -0.25) is 4.68 Å². The first kappa shape index (κ1) is 13.5. The summed E-state index contributed by atoms with van der Waals surface area (Å²) >= 11 is 0. The van der Waals surface area contributed by atoms with E-state index in [1.165, 1.54) is 25.7 Å². The molecule has 2 atom stereocenters. The number of rotatable bonds is 7. The van der Waals surface area contributed by atoms with Gasteiger partial charge in [0.25, 0.3) is 0 Å². The second-order valence-corrected chi connectivity index (χ2v) is 5.37. The molecule has 0 spiro atoms. The van der Waals surface area contributed by atoms with Crippen LogP contribution in [0.2, 0.25) is 0 Å². The minimum absolute atomic E-state index is 0.179. The van der Waals surface area contributed by atoms with Crippen molar-refractivity contribution in [2.24, 2.45) is 5.92 Å². The quantitative estimate of drug-likeness (QED) is 0.765. The Kier molecular flexibility index (Phi) is 5.13. The molecule has 0 saturated heterocycles. The lowest BCUT2D eigenvalue weighted by molar-refractivity contribution is 0.106. The Hall–Kier alpha value is -0.940. The highest BCUT2D eigenvalue weighted by Gasteiger charge is 2.23. The Labute approximate surface area is 109 Å². The molecule has 0 aliphatic heterocycles. The SMILES string of the molecule is CC(CCn1cncn1)NCC(O)C1CCCC1. The number of hydrogen-bond acceptors (Lipinski definition) is 4. The van der Waals surface area contributed by atoms with Gasteiger partial charge in [0.2, 0.25) is 0 Å². The fourth-order valence-electron chi connectivity index (χ4n) is 2.61. The monoisotopic (exact) mass is 252 g/mol. The summed E-state index contributed by atoms with van der Waals surface area (Å²) in [6.07, 6.45) is 9.06. The van der Waals surface area contributed by atoms with Gasteiger partial charge in [0.1, 0.15) is 12.7 Å². The molecule has 1 aromatic rings. The molecule has 0 bridgehead atoms. The third-order valence-corrected chi connectivity index (χ3v) is 3.88. The predicted octanol–water partition coefficient (Wildman–Crippen LogP) is 1.20. The lowest BCUT2D eigenvalue weighted by Crippen LogP contribution is -2.37. The number of aliphatic hydroxyl groups is 1. The Morgan fingerprint density at radius 1 is 1.44 bits per heavy atom. The Morgan fingerprint density at radius 2 is 2.22 bits per heavy atom. The molecule has 1 fully saturated rings. The smallest absolute Gasteiger partial charge is 0.137 e. The molecule has 2 N–H and O–H groups in total. The van der Waals surface area contributed by atoms with E-state index in [0.717, 1.165) is 13.0 Å². The fourth-order valence-corrected chi connectivity index (χ4v) is 2.61. The van der Waals surface area contributed by atoms with Crippen LogP contribution in [0.3, 0.4) is 0 Å². The van der Waals surface area contributed by atoms with Gasteiger partial charge < -0.3 is 10.4 Å². The summed E-state index contributed by atoms with van der Waals surface area (Å²) in [6, 6.07) is 0.394. The van der Waals surface area contributed by atoms with Crippen LogP contribution < -0.4 is 5.32 Å². The van der Waals surface area contributed by atoms with Crippen molar-refractivity contribution in [2.75, 3.05) is 6.54 Å². The Morgan fingerprint density at radius 3 is 2.89 bits per heavy atom. The van der Waals surface area contributed by atoms with E-state index in [2.05, 4.69) is 22.3 Å². The van der Waals surface area contributed by atoms with Crippen LogP contribution in [0.25, 0.3) is 0 Å². The zero-order valence-corrected chi connectivity index (χ0v) is 11.1. The van der Waals surface area contributed by atoms with Gasteiger partial charge in [0.15, 0.2) is 0 Å². The Bertz CT molecular complexity index is 322. The molecule has 1 saturated carbocycles. The first-order chi connectivity index (χ1) is 8.75. The maximum Gasteiger partial charge on any atom is 0.137 e. The number of nitrogens with zero attached hydrogens (tertiary/aromatic N) is 3. The van der Waals surface area contributed by atoms with Crippen molar-refractivity contribution in [1.29, 1.82) is 0 Å². The van der Waals surface area contributed by atoms with Gasteiger partial charge in [-0.1, -0.05) is 12.8 Å². The minimum atomic E-state index is -0.179. The Balaban J connectivity index is 1.60. The van der Waals surface area contributed by atoms with E-state index < -0.39 is 0 Å². The van der Waals surface area contributed by atoms with Crippen LogP contribution in [-0.4, -0.2) is 38.6 Å². The molecule has 0 amide bonds. The standard InChI is InChI=1S/C13H24N4O/c1-11(6-7-17-10-14-9-16-17)15-8-13(18)12-4-2-3-5-12/h9-13,15,18H,2-8H2,1H3. The predicted molar refractivity (Wildman–Crippen MR) is 70.1 cm³/mol. The summed E-state index contributed by atoms with van der Waals surface area (Å²) in [5.41, 5.74) is 0. The average molecular weight is 252 g/mol. The summed E-state index contributed by atoms with van der Waals surface area (Å²) in [5.74, 6) is 0.514. The molecule has 2 unspecified atom stereocenters. The van der Waals surface area contributed by atoms with Crippen molar-refractivity contribution < 1.29 is 5.11 Å². The molecule has 1 aliphatic rings. The molecular weight excluding hydrogens is 228 g/mol. The van der Waals surface area contributed by atoms with Crippen molar-refractivity contribution >= 4 is 0 Å². The largest absolute Gasteiger partial charge is 0.392 e. The maximum atomic E-state index is 10.1. The summed E-state index contributed by atoms with van der Waals surface area (Å²) < 4.78 is 1.84. The normalized spacial score (nSPS) is 20.1. The van der Waals surface area contributed by atoms with Crippen LogP contribution in [0.5, 0.6) is 0 Å². The molecule has 18 heavy (non-hydrogen) atoms. The summed E-state index contributed by atoms with van der Waals surface area (Å²) in [4.78, 5) is 3.92. The zero-order chi connectivity index (χ0) is 12.8. The highest BCUT2D eigenvalue weighted by molar-refractivity contribution is 4.77. The molecule has 102 valence electrons. The van der Waals surface area contributed by atoms with Gasteiger partial charge in [0, 0.05) is 19.1 Å². The third kappa shape index (κ3) is 4.07. The van der Waals surface area contributed by atoms with Gasteiger partial charge >= 0.3 is 0 Å². The molecule has 5 heteroatoms. The summed E-state index contributed by atoms with van der Waals surface area (Å²) in [6.45, 7) is 3.73. The lowest BCUT2D eigenvalue weighted by Gasteiger charge is -2.21. The summed E-state index contributed by atoms with van der Waals surface area (Å²) in [7, 11) is 0. The van der Waals surface area contributed by atoms with E-state index >= 15 is 0 Å². The summed E-state index contributed by atoms with van der Waals surface area (Å²) in [5, 5.41) is 17.5. The van der Waals surface area contributed by atoms with Crippen molar-refractivity contribution in [3.05, 3.63) is 12.7 Å². The highest BCUT2D eigenvalue weighted by atomic mass is 16.3. The molecule has 5 nitrogen and oxygen atoms in total. The molecule has 1 heterocycles. The number of aliphatic hydroxyl groups excluding tert-OH is 1. The van der Waals surface area contributed by atoms with E-state index in [-0.39, 0.29) is 6.10 Å². The molecule has 0 aromatic carbocycles. The van der Waals surface area contributed by atoms with Crippen LogP contribution in [-0.2, 0) is 6.54 Å². The van der Waals surface area contributed by atoms with Gasteiger partial charge in [-0.05, 0) is 32.1 Å². The van der Waals surface area contributed by atoms with Crippen LogP contribution in [0.4, 0.5) is 0 Å². The van der Waals surface area contributed by atoms with Crippen LogP contribution in [0, 0.1) is 5.92 Å². The molecular formula is C13H24N4O. The van der Waals surface area contributed by atoms with Gasteiger partial charge in [-0.2, -0.15) is 5.10 Å². The molecule has 2 rings (SSSR count). The maximum absolute atomic E-state index is 10.1. The van der Waals surface area contributed by atoms with E-state index in [1.807, 2.05) is 4.68 Å². The van der Waals surface area contributed by atoms with Crippen LogP contribution in [0.1, 0.15) is 39.0 Å². The number of aryl methyl sites for hydroxylation is 1. The van der Waals surface area contributed by atoms with Crippen molar-refractivity contribution in [3.8, 4) is 0 Å². The second kappa shape index (κ2) is 6.85. The third-order valence-electron chi connectivity index (χ3n) is 3.88. The number of hydrogen-bond donors (Lipinski definition) is 2. The number of nitrogens with one attached hydrogen (secondary N) is 1. The second-order valence-electron chi connectivity index (χ2n) is 5.37. The fraction of sp³-hybridized carbons (Fsp3) is 0.846. The van der Waals surface area contributed by atoms with E-state index in [1.54, 1.807) is 12.7 Å².